The molecule has 0 radical (unpaired) electrons. The Morgan fingerprint density at radius 2 is 1.80 bits per heavy atom. The third-order valence-electron chi connectivity index (χ3n) is 4.68. The zero-order valence-corrected chi connectivity index (χ0v) is 13.4. The third-order valence-corrected chi connectivity index (χ3v) is 4.68. The fourth-order valence-corrected chi connectivity index (χ4v) is 4.06. The van der Waals surface area contributed by atoms with E-state index >= 15 is 0 Å². The highest BCUT2D eigenvalue weighted by atomic mass is 16.6. The van der Waals surface area contributed by atoms with Crippen LogP contribution in [-0.4, -0.2) is 36.2 Å². The Bertz CT molecular complexity index is 335. The van der Waals surface area contributed by atoms with E-state index in [1.54, 1.807) is 0 Å². The van der Waals surface area contributed by atoms with Gasteiger partial charge in [-0.25, -0.2) is 4.79 Å². The monoisotopic (exact) mass is 282 g/mol. The number of piperidine rings is 1. The molecule has 2 aliphatic rings. The van der Waals surface area contributed by atoms with Crippen LogP contribution in [0.5, 0.6) is 0 Å². The molecule has 1 aliphatic heterocycles. The molecule has 0 aromatic carbocycles. The van der Waals surface area contributed by atoms with Crippen LogP contribution in [0.4, 0.5) is 4.79 Å². The molecule has 4 nitrogen and oxygen atoms in total. The standard InChI is InChI=1S/C16H30N2O2/c1-11-7-12-9-18(15(19)20-16(2,3)4)10-13(8-11)14(12)5-6-17/h11-14H,5-10,17H2,1-4H3. The zero-order valence-electron chi connectivity index (χ0n) is 13.4. The highest BCUT2D eigenvalue weighted by molar-refractivity contribution is 5.68. The molecule has 0 aromatic rings. The Kier molecular flexibility index (Phi) is 4.62. The number of amides is 1. The molecule has 20 heavy (non-hydrogen) atoms. The lowest BCUT2D eigenvalue weighted by Gasteiger charge is -2.49. The summed E-state index contributed by atoms with van der Waals surface area (Å²) in [6, 6.07) is 0. The lowest BCUT2D eigenvalue weighted by molar-refractivity contribution is -0.0259. The second kappa shape index (κ2) is 5.92. The van der Waals surface area contributed by atoms with Crippen molar-refractivity contribution in [3.63, 3.8) is 0 Å². The number of hydrogen-bond acceptors (Lipinski definition) is 3. The van der Waals surface area contributed by atoms with E-state index in [0.717, 1.165) is 32.0 Å². The quantitative estimate of drug-likeness (QED) is 0.847. The zero-order chi connectivity index (χ0) is 14.9. The van der Waals surface area contributed by atoms with Crippen LogP contribution >= 0.6 is 0 Å². The largest absolute Gasteiger partial charge is 0.444 e. The average molecular weight is 282 g/mol. The molecule has 1 amide bonds. The number of carbonyl (C=O) groups is 1. The van der Waals surface area contributed by atoms with Gasteiger partial charge in [0.05, 0.1) is 0 Å². The molecule has 0 aromatic heterocycles. The average Bonchev–Trinajstić information content (AvgIpc) is 2.27. The van der Waals surface area contributed by atoms with Crippen molar-refractivity contribution in [1.29, 1.82) is 0 Å². The number of likely N-dealkylation sites (tertiary alicyclic amines) is 1. The third kappa shape index (κ3) is 3.66. The smallest absolute Gasteiger partial charge is 0.410 e. The number of nitrogens with zero attached hydrogens (tertiary/aromatic N) is 1. The predicted molar refractivity (Wildman–Crippen MR) is 80.3 cm³/mol. The van der Waals surface area contributed by atoms with Crippen molar-refractivity contribution in [3.8, 4) is 0 Å². The lowest BCUT2D eigenvalue weighted by Crippen LogP contribution is -2.53. The Hall–Kier alpha value is -0.770. The van der Waals surface area contributed by atoms with Gasteiger partial charge in [-0.1, -0.05) is 6.92 Å². The van der Waals surface area contributed by atoms with Gasteiger partial charge in [0.15, 0.2) is 0 Å². The predicted octanol–water partition coefficient (Wildman–Crippen LogP) is 2.86. The van der Waals surface area contributed by atoms with Crippen LogP contribution < -0.4 is 5.73 Å². The summed E-state index contributed by atoms with van der Waals surface area (Å²) >= 11 is 0. The van der Waals surface area contributed by atoms with Gasteiger partial charge in [0.25, 0.3) is 0 Å². The Balaban J connectivity index is 2.02. The fraction of sp³-hybridized carbons (Fsp3) is 0.938. The van der Waals surface area contributed by atoms with Crippen LogP contribution in [0.15, 0.2) is 0 Å². The normalized spacial score (nSPS) is 34.0. The van der Waals surface area contributed by atoms with Gasteiger partial charge >= 0.3 is 6.09 Å². The minimum Gasteiger partial charge on any atom is -0.444 e. The molecular formula is C16H30N2O2. The van der Waals surface area contributed by atoms with E-state index in [2.05, 4.69) is 6.92 Å². The number of ether oxygens (including phenoxy) is 1. The molecule has 4 heteroatoms. The van der Waals surface area contributed by atoms with Crippen molar-refractivity contribution in [1.82, 2.24) is 4.90 Å². The van der Waals surface area contributed by atoms with E-state index < -0.39 is 5.60 Å². The molecule has 2 fully saturated rings. The highest BCUT2D eigenvalue weighted by Gasteiger charge is 2.43. The van der Waals surface area contributed by atoms with Gasteiger partial charge in [0, 0.05) is 13.1 Å². The molecule has 2 N–H and O–H groups in total. The SMILES string of the molecule is CC1CC2CN(C(=O)OC(C)(C)C)CC(C1)C2CCN. The second-order valence-electron chi connectivity index (χ2n) is 7.72. The summed E-state index contributed by atoms with van der Waals surface area (Å²) in [4.78, 5) is 14.2. The van der Waals surface area contributed by atoms with Crippen LogP contribution in [0, 0.1) is 23.7 Å². The van der Waals surface area contributed by atoms with E-state index in [0.29, 0.717) is 17.8 Å². The maximum Gasteiger partial charge on any atom is 0.410 e. The lowest BCUT2D eigenvalue weighted by atomic mass is 9.64. The van der Waals surface area contributed by atoms with E-state index in [1.807, 2.05) is 25.7 Å². The molecule has 116 valence electrons. The van der Waals surface area contributed by atoms with Gasteiger partial charge < -0.3 is 15.4 Å². The first kappa shape index (κ1) is 15.6. The first-order chi connectivity index (χ1) is 9.30. The Morgan fingerprint density at radius 1 is 1.25 bits per heavy atom. The van der Waals surface area contributed by atoms with Gasteiger partial charge in [0.2, 0.25) is 0 Å². The van der Waals surface area contributed by atoms with Crippen molar-refractivity contribution in [2.24, 2.45) is 29.4 Å². The Morgan fingerprint density at radius 3 is 2.25 bits per heavy atom. The number of fused-ring (bicyclic) bond motifs is 2. The molecule has 2 atom stereocenters. The minimum absolute atomic E-state index is 0.145. The first-order valence-corrected chi connectivity index (χ1v) is 7.98. The molecule has 1 saturated carbocycles. The number of rotatable bonds is 2. The number of carbonyl (C=O) groups excluding carboxylic acids is 1. The van der Waals surface area contributed by atoms with E-state index in [4.69, 9.17) is 10.5 Å². The number of nitrogens with two attached hydrogens (primary N) is 1. The van der Waals surface area contributed by atoms with Crippen molar-refractivity contribution >= 4 is 6.09 Å². The van der Waals surface area contributed by atoms with E-state index in [1.165, 1.54) is 12.8 Å². The minimum atomic E-state index is -0.409. The van der Waals surface area contributed by atoms with E-state index in [9.17, 15) is 4.79 Å². The van der Waals surface area contributed by atoms with Gasteiger partial charge in [-0.2, -0.15) is 0 Å². The summed E-state index contributed by atoms with van der Waals surface area (Å²) in [5.41, 5.74) is 5.36. The van der Waals surface area contributed by atoms with Gasteiger partial charge in [0.1, 0.15) is 5.60 Å². The second-order valence-corrected chi connectivity index (χ2v) is 7.72. The van der Waals surface area contributed by atoms with Crippen LogP contribution in [0.3, 0.4) is 0 Å². The molecule has 1 aliphatic carbocycles. The first-order valence-electron chi connectivity index (χ1n) is 7.98. The number of hydrogen-bond donors (Lipinski definition) is 1. The van der Waals surface area contributed by atoms with Crippen molar-refractivity contribution in [2.45, 2.75) is 52.6 Å². The molecule has 2 unspecified atom stereocenters. The van der Waals surface area contributed by atoms with Crippen molar-refractivity contribution < 1.29 is 9.53 Å². The Labute approximate surface area is 123 Å². The molecule has 1 saturated heterocycles. The maximum absolute atomic E-state index is 12.3. The topological polar surface area (TPSA) is 55.6 Å². The summed E-state index contributed by atoms with van der Waals surface area (Å²) in [6.07, 6.45) is 3.40. The molecular weight excluding hydrogens is 252 g/mol. The van der Waals surface area contributed by atoms with Gasteiger partial charge in [-0.15, -0.1) is 0 Å². The van der Waals surface area contributed by atoms with Crippen molar-refractivity contribution in [2.75, 3.05) is 19.6 Å². The van der Waals surface area contributed by atoms with Crippen LogP contribution in [-0.2, 0) is 4.74 Å². The summed E-state index contributed by atoms with van der Waals surface area (Å²) in [5.74, 6) is 2.69. The molecule has 2 rings (SSSR count). The molecule has 1 heterocycles. The van der Waals surface area contributed by atoms with E-state index in [-0.39, 0.29) is 6.09 Å². The maximum atomic E-state index is 12.3. The van der Waals surface area contributed by atoms with Crippen LogP contribution in [0.2, 0.25) is 0 Å². The summed E-state index contributed by atoms with van der Waals surface area (Å²) in [5, 5.41) is 0. The van der Waals surface area contributed by atoms with Gasteiger partial charge in [-0.05, 0) is 70.3 Å². The van der Waals surface area contributed by atoms with Crippen LogP contribution in [0.1, 0.15) is 47.0 Å². The summed E-state index contributed by atoms with van der Waals surface area (Å²) in [6.45, 7) is 10.6. The summed E-state index contributed by atoms with van der Waals surface area (Å²) < 4.78 is 5.53. The summed E-state index contributed by atoms with van der Waals surface area (Å²) in [7, 11) is 0. The molecule has 2 bridgehead atoms. The molecule has 0 spiro atoms. The van der Waals surface area contributed by atoms with Gasteiger partial charge in [-0.3, -0.25) is 0 Å². The van der Waals surface area contributed by atoms with Crippen LogP contribution in [0.25, 0.3) is 0 Å². The van der Waals surface area contributed by atoms with Crippen molar-refractivity contribution in [3.05, 3.63) is 0 Å². The highest BCUT2D eigenvalue weighted by Crippen LogP contribution is 2.43. The fourth-order valence-electron chi connectivity index (χ4n) is 4.06.